The molecule has 2 nitrogen and oxygen atoms in total. The van der Waals surface area contributed by atoms with E-state index in [4.69, 9.17) is 0 Å². The van der Waals surface area contributed by atoms with E-state index in [1.807, 2.05) is 0 Å². The van der Waals surface area contributed by atoms with Gasteiger partial charge >= 0.3 is 0 Å². The highest BCUT2D eigenvalue weighted by atomic mass is 15.2. The summed E-state index contributed by atoms with van der Waals surface area (Å²) in [5.74, 6) is 0. The Morgan fingerprint density at radius 1 is 0.500 bits per heavy atom. The van der Waals surface area contributed by atoms with Crippen molar-refractivity contribution < 1.29 is 0 Å². The standard InChI is InChI=1S/C18H22N2/c1-3-9-17(10-4-1)19-13-7-15-20(16-8-14-19)18-11-5-2-6-12-18/h1-6,9-12H,7-8,13-16H2. The first kappa shape index (κ1) is 13.0. The summed E-state index contributed by atoms with van der Waals surface area (Å²) < 4.78 is 0. The maximum absolute atomic E-state index is 2.52. The van der Waals surface area contributed by atoms with E-state index in [1.54, 1.807) is 0 Å². The normalized spacial score (nSPS) is 16.6. The number of rotatable bonds is 2. The van der Waals surface area contributed by atoms with Crippen molar-refractivity contribution in [3.8, 4) is 0 Å². The second-order valence-electron chi connectivity index (χ2n) is 5.35. The van der Waals surface area contributed by atoms with E-state index in [0.717, 1.165) is 26.2 Å². The van der Waals surface area contributed by atoms with E-state index in [0.29, 0.717) is 0 Å². The topological polar surface area (TPSA) is 6.48 Å². The van der Waals surface area contributed by atoms with Crippen LogP contribution >= 0.6 is 0 Å². The minimum Gasteiger partial charge on any atom is -0.371 e. The van der Waals surface area contributed by atoms with Crippen molar-refractivity contribution in [1.29, 1.82) is 0 Å². The Labute approximate surface area is 121 Å². The SMILES string of the molecule is c1ccc(N2CCCN(c3ccccc3)CCC2)cc1. The Morgan fingerprint density at radius 3 is 1.20 bits per heavy atom. The molecule has 1 heterocycles. The molecule has 0 aliphatic carbocycles. The molecule has 1 fully saturated rings. The molecule has 0 saturated carbocycles. The van der Waals surface area contributed by atoms with E-state index < -0.39 is 0 Å². The lowest BCUT2D eigenvalue weighted by Crippen LogP contribution is -2.36. The summed E-state index contributed by atoms with van der Waals surface area (Å²) >= 11 is 0. The van der Waals surface area contributed by atoms with E-state index in [9.17, 15) is 0 Å². The highest BCUT2D eigenvalue weighted by Crippen LogP contribution is 2.19. The molecule has 0 atom stereocenters. The van der Waals surface area contributed by atoms with Crippen LogP contribution in [0.1, 0.15) is 12.8 Å². The first-order chi connectivity index (χ1) is 9.93. The van der Waals surface area contributed by atoms with Crippen molar-refractivity contribution in [2.45, 2.75) is 12.8 Å². The van der Waals surface area contributed by atoms with E-state index in [2.05, 4.69) is 70.5 Å². The molecule has 2 heteroatoms. The third kappa shape index (κ3) is 3.13. The summed E-state index contributed by atoms with van der Waals surface area (Å²) in [5, 5.41) is 0. The van der Waals surface area contributed by atoms with Crippen LogP contribution in [0.25, 0.3) is 0 Å². The van der Waals surface area contributed by atoms with Crippen LogP contribution in [0.2, 0.25) is 0 Å². The van der Waals surface area contributed by atoms with Crippen LogP contribution in [0, 0.1) is 0 Å². The molecule has 2 aromatic rings. The van der Waals surface area contributed by atoms with Crippen molar-refractivity contribution in [3.63, 3.8) is 0 Å². The van der Waals surface area contributed by atoms with Crippen molar-refractivity contribution in [1.82, 2.24) is 0 Å². The van der Waals surface area contributed by atoms with Crippen LogP contribution < -0.4 is 9.80 Å². The predicted octanol–water partition coefficient (Wildman–Crippen LogP) is 3.79. The molecule has 0 N–H and O–H groups in total. The molecule has 0 amide bonds. The van der Waals surface area contributed by atoms with Gasteiger partial charge in [-0.1, -0.05) is 36.4 Å². The number of nitrogens with zero attached hydrogens (tertiary/aromatic N) is 2. The fraction of sp³-hybridized carbons (Fsp3) is 0.333. The first-order valence-corrected chi connectivity index (χ1v) is 7.53. The fourth-order valence-corrected chi connectivity index (χ4v) is 2.92. The van der Waals surface area contributed by atoms with Crippen LogP contribution in [-0.2, 0) is 0 Å². The molecule has 1 aliphatic heterocycles. The van der Waals surface area contributed by atoms with E-state index in [-0.39, 0.29) is 0 Å². The summed E-state index contributed by atoms with van der Waals surface area (Å²) in [6, 6.07) is 21.6. The maximum atomic E-state index is 2.52. The molecule has 104 valence electrons. The number of anilines is 2. The van der Waals surface area contributed by atoms with Gasteiger partial charge < -0.3 is 9.80 Å². The Kier molecular flexibility index (Phi) is 4.22. The minimum absolute atomic E-state index is 1.15. The molecule has 2 aromatic carbocycles. The van der Waals surface area contributed by atoms with Crippen LogP contribution in [0.5, 0.6) is 0 Å². The van der Waals surface area contributed by atoms with Gasteiger partial charge in [-0.15, -0.1) is 0 Å². The fourth-order valence-electron chi connectivity index (χ4n) is 2.92. The second-order valence-corrected chi connectivity index (χ2v) is 5.35. The van der Waals surface area contributed by atoms with Gasteiger partial charge in [-0.2, -0.15) is 0 Å². The van der Waals surface area contributed by atoms with Crippen molar-refractivity contribution in [3.05, 3.63) is 60.7 Å². The smallest absolute Gasteiger partial charge is 0.0366 e. The average Bonchev–Trinajstić information content (AvgIpc) is 2.49. The van der Waals surface area contributed by atoms with Gasteiger partial charge in [0.1, 0.15) is 0 Å². The number of benzene rings is 2. The lowest BCUT2D eigenvalue weighted by molar-refractivity contribution is 0.618. The zero-order chi connectivity index (χ0) is 13.6. The molecule has 0 aromatic heterocycles. The lowest BCUT2D eigenvalue weighted by Gasteiger charge is -2.33. The lowest BCUT2D eigenvalue weighted by atomic mass is 10.2. The molecular formula is C18H22N2. The average molecular weight is 266 g/mol. The highest BCUT2D eigenvalue weighted by Gasteiger charge is 2.13. The van der Waals surface area contributed by atoms with Crippen molar-refractivity contribution in [2.75, 3.05) is 36.0 Å². The summed E-state index contributed by atoms with van der Waals surface area (Å²) in [6.07, 6.45) is 2.42. The molecule has 20 heavy (non-hydrogen) atoms. The number of para-hydroxylation sites is 2. The maximum Gasteiger partial charge on any atom is 0.0366 e. The molecule has 0 radical (unpaired) electrons. The Balaban J connectivity index is 1.62. The Hall–Kier alpha value is -1.96. The quantitative estimate of drug-likeness (QED) is 0.816. The van der Waals surface area contributed by atoms with Gasteiger partial charge in [0.25, 0.3) is 0 Å². The van der Waals surface area contributed by atoms with Gasteiger partial charge in [-0.3, -0.25) is 0 Å². The summed E-state index contributed by atoms with van der Waals surface area (Å²) in [5.41, 5.74) is 2.72. The predicted molar refractivity (Wildman–Crippen MR) is 86.5 cm³/mol. The van der Waals surface area contributed by atoms with Gasteiger partial charge in [-0.25, -0.2) is 0 Å². The summed E-state index contributed by atoms with van der Waals surface area (Å²) in [6.45, 7) is 4.58. The van der Waals surface area contributed by atoms with Crippen molar-refractivity contribution >= 4 is 11.4 Å². The molecule has 3 rings (SSSR count). The number of hydrogen-bond acceptors (Lipinski definition) is 2. The summed E-state index contributed by atoms with van der Waals surface area (Å²) in [4.78, 5) is 5.03. The van der Waals surface area contributed by atoms with Crippen LogP contribution in [-0.4, -0.2) is 26.2 Å². The largest absolute Gasteiger partial charge is 0.371 e. The monoisotopic (exact) mass is 266 g/mol. The molecule has 0 bridgehead atoms. The molecule has 0 spiro atoms. The molecule has 1 saturated heterocycles. The number of hydrogen-bond donors (Lipinski definition) is 0. The second kappa shape index (κ2) is 6.47. The van der Waals surface area contributed by atoms with Crippen LogP contribution in [0.3, 0.4) is 0 Å². The molecular weight excluding hydrogens is 244 g/mol. The Bertz CT molecular complexity index is 452. The van der Waals surface area contributed by atoms with Crippen LogP contribution in [0.4, 0.5) is 11.4 Å². The van der Waals surface area contributed by atoms with Gasteiger partial charge in [0.15, 0.2) is 0 Å². The molecule has 1 aliphatic rings. The third-order valence-electron chi connectivity index (χ3n) is 3.95. The van der Waals surface area contributed by atoms with E-state index in [1.165, 1.54) is 24.2 Å². The van der Waals surface area contributed by atoms with Crippen molar-refractivity contribution in [2.24, 2.45) is 0 Å². The zero-order valence-corrected chi connectivity index (χ0v) is 11.9. The Morgan fingerprint density at radius 2 is 0.850 bits per heavy atom. The third-order valence-corrected chi connectivity index (χ3v) is 3.95. The minimum atomic E-state index is 1.15. The summed E-state index contributed by atoms with van der Waals surface area (Å²) in [7, 11) is 0. The highest BCUT2D eigenvalue weighted by molar-refractivity contribution is 5.48. The zero-order valence-electron chi connectivity index (χ0n) is 11.9. The van der Waals surface area contributed by atoms with Gasteiger partial charge in [-0.05, 0) is 37.1 Å². The van der Waals surface area contributed by atoms with Gasteiger partial charge in [0, 0.05) is 37.6 Å². The van der Waals surface area contributed by atoms with Gasteiger partial charge in [0.2, 0.25) is 0 Å². The van der Waals surface area contributed by atoms with Crippen LogP contribution in [0.15, 0.2) is 60.7 Å². The van der Waals surface area contributed by atoms with Gasteiger partial charge in [0.05, 0.1) is 0 Å². The van der Waals surface area contributed by atoms with E-state index >= 15 is 0 Å². The first-order valence-electron chi connectivity index (χ1n) is 7.53. The molecule has 0 unspecified atom stereocenters.